The highest BCUT2D eigenvalue weighted by Gasteiger charge is 2.22. The maximum absolute atomic E-state index is 5.46. The highest BCUT2D eigenvalue weighted by Crippen LogP contribution is 2.09. The Balaban J connectivity index is 3.70. The Bertz CT molecular complexity index is 103. The van der Waals surface area contributed by atoms with Gasteiger partial charge in [0.05, 0.1) is 13.2 Å². The van der Waals surface area contributed by atoms with Gasteiger partial charge in [-0.2, -0.15) is 0 Å². The van der Waals surface area contributed by atoms with Crippen LogP contribution in [0, 0.1) is 0 Å². The molecule has 0 aliphatic carbocycles. The Hall–Kier alpha value is -0.200. The van der Waals surface area contributed by atoms with E-state index in [-0.39, 0.29) is 0 Å². The monoisotopic (exact) mass is 177 g/mol. The molecule has 0 aromatic heterocycles. The van der Waals surface area contributed by atoms with Gasteiger partial charge in [0.1, 0.15) is 0 Å². The minimum atomic E-state index is -0.737. The van der Waals surface area contributed by atoms with Crippen LogP contribution in [0.2, 0.25) is 0 Å². The normalized spacial score (nSPS) is 12.0. The predicted octanol–water partition coefficient (Wildman–Crippen LogP) is -1.39. The van der Waals surface area contributed by atoms with Gasteiger partial charge in [-0.1, -0.05) is 0 Å². The number of nitrogens with two attached hydrogens (primary N) is 3. The van der Waals surface area contributed by atoms with E-state index in [4.69, 9.17) is 26.7 Å². The summed E-state index contributed by atoms with van der Waals surface area (Å²) in [6.45, 7) is 3.88. The lowest BCUT2D eigenvalue weighted by Gasteiger charge is -2.28. The summed E-state index contributed by atoms with van der Waals surface area (Å²) < 4.78 is 10.6. The summed E-state index contributed by atoms with van der Waals surface area (Å²) in [6.07, 6.45) is 0. The van der Waals surface area contributed by atoms with Crippen LogP contribution in [0.25, 0.3) is 0 Å². The zero-order valence-electron chi connectivity index (χ0n) is 7.58. The molecule has 0 aromatic rings. The molecule has 0 radical (unpaired) electrons. The fourth-order valence-corrected chi connectivity index (χ4v) is 0.709. The van der Waals surface area contributed by atoms with Gasteiger partial charge in [0.25, 0.3) is 0 Å². The molecular formula is C7H19N3O2. The standard InChI is InChI=1S/C7H19N3O2/c1-7(6-10,11-4-2-8)12-5-3-9/h2-6,8-10H2,1H3. The lowest BCUT2D eigenvalue weighted by Crippen LogP contribution is -2.42. The Kier molecular flexibility index (Phi) is 6.23. The first kappa shape index (κ1) is 11.8. The van der Waals surface area contributed by atoms with Crippen molar-refractivity contribution in [2.45, 2.75) is 12.7 Å². The third-order valence-corrected chi connectivity index (χ3v) is 1.42. The molecule has 6 N–H and O–H groups in total. The first-order valence-corrected chi connectivity index (χ1v) is 4.06. The van der Waals surface area contributed by atoms with Crippen LogP contribution in [0.1, 0.15) is 6.92 Å². The fourth-order valence-electron chi connectivity index (χ4n) is 0.709. The SMILES string of the molecule is CC(CN)(OCCN)OCCN. The van der Waals surface area contributed by atoms with E-state index in [0.717, 1.165) is 0 Å². The highest BCUT2D eigenvalue weighted by molar-refractivity contribution is 4.63. The van der Waals surface area contributed by atoms with E-state index in [0.29, 0.717) is 32.8 Å². The summed E-state index contributed by atoms with van der Waals surface area (Å²) in [6, 6.07) is 0. The fraction of sp³-hybridized carbons (Fsp3) is 1.00. The Morgan fingerprint density at radius 2 is 1.42 bits per heavy atom. The van der Waals surface area contributed by atoms with Gasteiger partial charge in [0.2, 0.25) is 0 Å². The molecule has 5 nitrogen and oxygen atoms in total. The van der Waals surface area contributed by atoms with Gasteiger partial charge in [-0.15, -0.1) is 0 Å². The van der Waals surface area contributed by atoms with Crippen molar-refractivity contribution < 1.29 is 9.47 Å². The topological polar surface area (TPSA) is 96.5 Å². The van der Waals surface area contributed by atoms with Crippen LogP contribution >= 0.6 is 0 Å². The molecule has 0 unspecified atom stereocenters. The summed E-state index contributed by atoms with van der Waals surface area (Å²) in [5.41, 5.74) is 16.0. The summed E-state index contributed by atoms with van der Waals surface area (Å²) >= 11 is 0. The number of rotatable bonds is 7. The Morgan fingerprint density at radius 3 is 1.67 bits per heavy atom. The quantitative estimate of drug-likeness (QED) is 0.416. The van der Waals surface area contributed by atoms with Gasteiger partial charge in [-0.05, 0) is 6.92 Å². The molecule has 12 heavy (non-hydrogen) atoms. The minimum Gasteiger partial charge on any atom is -0.348 e. The van der Waals surface area contributed by atoms with E-state index in [1.807, 2.05) is 0 Å². The smallest absolute Gasteiger partial charge is 0.177 e. The molecule has 0 saturated carbocycles. The minimum absolute atomic E-state index is 0.299. The number of hydrogen-bond donors (Lipinski definition) is 3. The second-order valence-electron chi connectivity index (χ2n) is 2.61. The molecule has 0 fully saturated rings. The van der Waals surface area contributed by atoms with Gasteiger partial charge in [0.15, 0.2) is 5.79 Å². The van der Waals surface area contributed by atoms with Crippen LogP contribution in [-0.4, -0.2) is 38.6 Å². The maximum atomic E-state index is 5.46. The Labute approximate surface area is 73.2 Å². The van der Waals surface area contributed by atoms with Gasteiger partial charge < -0.3 is 26.7 Å². The van der Waals surface area contributed by atoms with E-state index in [1.165, 1.54) is 0 Å². The second kappa shape index (κ2) is 6.33. The molecule has 0 aliphatic heterocycles. The van der Waals surface area contributed by atoms with Crippen molar-refractivity contribution in [2.24, 2.45) is 17.2 Å². The van der Waals surface area contributed by atoms with Gasteiger partial charge in [-0.25, -0.2) is 0 Å². The van der Waals surface area contributed by atoms with Crippen LogP contribution in [0.3, 0.4) is 0 Å². The summed E-state index contributed by atoms with van der Waals surface area (Å²) in [5.74, 6) is -0.737. The van der Waals surface area contributed by atoms with Gasteiger partial charge >= 0.3 is 0 Å². The number of hydrogen-bond acceptors (Lipinski definition) is 5. The predicted molar refractivity (Wildman–Crippen MR) is 47.5 cm³/mol. The van der Waals surface area contributed by atoms with Crippen molar-refractivity contribution in [1.82, 2.24) is 0 Å². The maximum Gasteiger partial charge on any atom is 0.177 e. The van der Waals surface area contributed by atoms with Crippen molar-refractivity contribution in [2.75, 3.05) is 32.8 Å². The van der Waals surface area contributed by atoms with Crippen LogP contribution < -0.4 is 17.2 Å². The van der Waals surface area contributed by atoms with Crippen LogP contribution in [0.4, 0.5) is 0 Å². The molecule has 0 amide bonds. The van der Waals surface area contributed by atoms with Crippen molar-refractivity contribution >= 4 is 0 Å². The van der Waals surface area contributed by atoms with Crippen molar-refractivity contribution in [3.05, 3.63) is 0 Å². The molecule has 0 saturated heterocycles. The lowest BCUT2D eigenvalue weighted by atomic mass is 10.3. The molecule has 0 rings (SSSR count). The molecule has 0 heterocycles. The first-order chi connectivity index (χ1) is 5.68. The number of ether oxygens (including phenoxy) is 2. The van der Waals surface area contributed by atoms with E-state index < -0.39 is 5.79 Å². The van der Waals surface area contributed by atoms with Crippen molar-refractivity contribution in [3.8, 4) is 0 Å². The summed E-state index contributed by atoms with van der Waals surface area (Å²) in [4.78, 5) is 0. The molecular weight excluding hydrogens is 158 g/mol. The van der Waals surface area contributed by atoms with Crippen LogP contribution in [0.5, 0.6) is 0 Å². The molecule has 0 bridgehead atoms. The van der Waals surface area contributed by atoms with Gasteiger partial charge in [0, 0.05) is 19.6 Å². The van der Waals surface area contributed by atoms with E-state index in [2.05, 4.69) is 0 Å². The largest absolute Gasteiger partial charge is 0.348 e. The third-order valence-electron chi connectivity index (χ3n) is 1.42. The van der Waals surface area contributed by atoms with Crippen LogP contribution in [-0.2, 0) is 9.47 Å². The molecule has 0 spiro atoms. The van der Waals surface area contributed by atoms with Crippen molar-refractivity contribution in [3.63, 3.8) is 0 Å². The third kappa shape index (κ3) is 4.63. The molecule has 5 heteroatoms. The first-order valence-electron chi connectivity index (χ1n) is 4.06. The average Bonchev–Trinajstić information content (AvgIpc) is 2.11. The zero-order chi connectivity index (χ0) is 9.45. The molecule has 74 valence electrons. The second-order valence-corrected chi connectivity index (χ2v) is 2.61. The summed E-state index contributed by atoms with van der Waals surface area (Å²) in [5, 5.41) is 0. The zero-order valence-corrected chi connectivity index (χ0v) is 7.58. The molecule has 0 atom stereocenters. The molecule has 0 aliphatic rings. The summed E-state index contributed by atoms with van der Waals surface area (Å²) in [7, 11) is 0. The lowest BCUT2D eigenvalue weighted by molar-refractivity contribution is -0.215. The van der Waals surface area contributed by atoms with E-state index in [9.17, 15) is 0 Å². The average molecular weight is 177 g/mol. The highest BCUT2D eigenvalue weighted by atomic mass is 16.7. The van der Waals surface area contributed by atoms with Crippen LogP contribution in [0.15, 0.2) is 0 Å². The molecule has 0 aromatic carbocycles. The van der Waals surface area contributed by atoms with Gasteiger partial charge in [-0.3, -0.25) is 0 Å². The van der Waals surface area contributed by atoms with E-state index in [1.54, 1.807) is 6.92 Å². The van der Waals surface area contributed by atoms with E-state index >= 15 is 0 Å². The Morgan fingerprint density at radius 1 is 1.00 bits per heavy atom. The van der Waals surface area contributed by atoms with Crippen molar-refractivity contribution in [1.29, 1.82) is 0 Å².